The Morgan fingerprint density at radius 2 is 1.82 bits per heavy atom. The van der Waals surface area contributed by atoms with Crippen molar-refractivity contribution in [2.75, 3.05) is 5.32 Å². The molecule has 9 heteroatoms. The van der Waals surface area contributed by atoms with E-state index < -0.39 is 17.5 Å². The van der Waals surface area contributed by atoms with Crippen molar-refractivity contribution in [3.63, 3.8) is 0 Å². The maximum absolute atomic E-state index is 14.7. The van der Waals surface area contributed by atoms with E-state index in [1.807, 2.05) is 0 Å². The number of benzene rings is 2. The van der Waals surface area contributed by atoms with Crippen LogP contribution < -0.4 is 5.32 Å². The van der Waals surface area contributed by atoms with Crippen LogP contribution in [-0.4, -0.2) is 16.1 Å². The molecule has 0 radical (unpaired) electrons. The highest BCUT2D eigenvalue weighted by atomic mass is 35.5. The fourth-order valence-electron chi connectivity index (χ4n) is 2.50. The Balaban J connectivity index is 1.60. The summed E-state index contributed by atoms with van der Waals surface area (Å²) in [7, 11) is 0. The van der Waals surface area contributed by atoms with Crippen LogP contribution in [0.3, 0.4) is 0 Å². The van der Waals surface area contributed by atoms with Crippen LogP contribution in [0.1, 0.15) is 10.4 Å². The van der Waals surface area contributed by atoms with Crippen molar-refractivity contribution in [3.05, 3.63) is 77.0 Å². The van der Waals surface area contributed by atoms with E-state index in [4.69, 9.17) is 20.4 Å². The van der Waals surface area contributed by atoms with E-state index in [9.17, 15) is 13.6 Å². The first kappa shape index (κ1) is 17.9. The van der Waals surface area contributed by atoms with E-state index in [2.05, 4.69) is 15.5 Å². The molecule has 4 rings (SSSR count). The van der Waals surface area contributed by atoms with Crippen LogP contribution in [0.15, 0.2) is 63.6 Å². The predicted octanol–water partition coefficient (Wildman–Crippen LogP) is 5.18. The van der Waals surface area contributed by atoms with Gasteiger partial charge in [0.2, 0.25) is 5.76 Å². The van der Waals surface area contributed by atoms with Gasteiger partial charge in [-0.05, 0) is 30.3 Å². The fourth-order valence-corrected chi connectivity index (χ4v) is 2.67. The Labute approximate surface area is 161 Å². The number of hydrogen-bond donors (Lipinski definition) is 1. The van der Waals surface area contributed by atoms with Crippen LogP contribution in [0.2, 0.25) is 5.02 Å². The fraction of sp³-hybridized carbons (Fsp3) is 0. The summed E-state index contributed by atoms with van der Waals surface area (Å²) in [5, 5.41) is 9.94. The lowest BCUT2D eigenvalue weighted by molar-refractivity contribution is 0.102. The van der Waals surface area contributed by atoms with Crippen LogP contribution in [0.25, 0.3) is 22.8 Å². The van der Waals surface area contributed by atoms with Gasteiger partial charge in [0.05, 0.1) is 5.56 Å². The zero-order valence-corrected chi connectivity index (χ0v) is 14.7. The monoisotopic (exact) mass is 401 g/mol. The van der Waals surface area contributed by atoms with Gasteiger partial charge in [-0.1, -0.05) is 34.9 Å². The van der Waals surface area contributed by atoms with E-state index in [1.54, 1.807) is 30.3 Å². The molecule has 0 bridgehead atoms. The number of nitrogens with one attached hydrogen (secondary N) is 1. The minimum absolute atomic E-state index is 0.0721. The molecular weight excluding hydrogens is 392 g/mol. The molecule has 28 heavy (non-hydrogen) atoms. The Bertz CT molecular complexity index is 1160. The highest BCUT2D eigenvalue weighted by molar-refractivity contribution is 6.30. The largest absolute Gasteiger partial charge is 0.455 e. The molecule has 1 N–H and O–H groups in total. The number of halogens is 3. The molecule has 140 valence electrons. The minimum Gasteiger partial charge on any atom is -0.455 e. The van der Waals surface area contributed by atoms with E-state index >= 15 is 0 Å². The molecule has 2 aromatic heterocycles. The molecule has 4 aromatic rings. The molecule has 2 heterocycles. The first-order valence-electron chi connectivity index (χ1n) is 7.95. The summed E-state index contributed by atoms with van der Waals surface area (Å²) in [6, 6.07) is 11.9. The van der Waals surface area contributed by atoms with Gasteiger partial charge in [-0.15, -0.1) is 5.10 Å². The van der Waals surface area contributed by atoms with E-state index in [0.717, 1.165) is 12.3 Å². The molecule has 0 atom stereocenters. The normalized spacial score (nSPS) is 10.8. The average Bonchev–Trinajstić information content (AvgIpc) is 3.31. The third-order valence-corrected chi connectivity index (χ3v) is 4.06. The van der Waals surface area contributed by atoms with E-state index in [-0.39, 0.29) is 33.8 Å². The molecule has 0 fully saturated rings. The number of hydrogen-bond acceptors (Lipinski definition) is 5. The second-order valence-corrected chi connectivity index (χ2v) is 6.09. The first-order valence-corrected chi connectivity index (χ1v) is 8.33. The number of rotatable bonds is 4. The number of anilines is 1. The second kappa shape index (κ2) is 7.24. The van der Waals surface area contributed by atoms with Gasteiger partial charge in [0.15, 0.2) is 5.82 Å². The Morgan fingerprint density at radius 3 is 2.61 bits per heavy atom. The molecule has 0 aliphatic carbocycles. The van der Waals surface area contributed by atoms with E-state index in [0.29, 0.717) is 5.56 Å². The molecule has 1 amide bonds. The number of nitrogens with zero attached hydrogens (tertiary/aromatic N) is 2. The molecular formula is C19H10ClF2N3O3. The number of aromatic nitrogens is 2. The summed E-state index contributed by atoms with van der Waals surface area (Å²) in [5.74, 6) is -2.74. The number of carbonyl (C=O) groups is 1. The lowest BCUT2D eigenvalue weighted by atomic mass is 10.1. The summed E-state index contributed by atoms with van der Waals surface area (Å²) in [4.78, 5) is 12.1. The number of furan rings is 1. The molecule has 6 nitrogen and oxygen atoms in total. The van der Waals surface area contributed by atoms with Gasteiger partial charge in [-0.2, -0.15) is 0 Å². The van der Waals surface area contributed by atoms with Crippen LogP contribution >= 0.6 is 11.6 Å². The maximum Gasteiger partial charge on any atom is 0.322 e. The molecule has 0 saturated carbocycles. The number of carbonyl (C=O) groups excluding carboxylic acids is 1. The Hall–Kier alpha value is -3.52. The van der Waals surface area contributed by atoms with Crippen molar-refractivity contribution in [2.45, 2.75) is 0 Å². The summed E-state index contributed by atoms with van der Waals surface area (Å²) < 4.78 is 39.1. The highest BCUT2D eigenvalue weighted by Gasteiger charge is 2.24. The van der Waals surface area contributed by atoms with Crippen LogP contribution in [0.4, 0.5) is 14.8 Å². The molecule has 0 aliphatic heterocycles. The SMILES string of the molecule is O=C(Nc1nnc(-c2occ(-c3cc(Cl)ccc3F)c2F)o1)c1ccccc1. The smallest absolute Gasteiger partial charge is 0.322 e. The first-order chi connectivity index (χ1) is 13.5. The Kier molecular flexibility index (Phi) is 4.62. The third kappa shape index (κ3) is 3.37. The van der Waals surface area contributed by atoms with Crippen molar-refractivity contribution in [1.29, 1.82) is 0 Å². The highest BCUT2D eigenvalue weighted by Crippen LogP contribution is 2.35. The topological polar surface area (TPSA) is 81.2 Å². The Morgan fingerprint density at radius 1 is 1.04 bits per heavy atom. The van der Waals surface area contributed by atoms with Crippen molar-refractivity contribution < 1.29 is 22.4 Å². The molecule has 0 saturated heterocycles. The average molecular weight is 402 g/mol. The number of amides is 1. The molecule has 0 unspecified atom stereocenters. The lowest BCUT2D eigenvalue weighted by Gasteiger charge is -2.00. The van der Waals surface area contributed by atoms with E-state index in [1.165, 1.54) is 12.1 Å². The van der Waals surface area contributed by atoms with Crippen molar-refractivity contribution >= 4 is 23.5 Å². The van der Waals surface area contributed by atoms with Crippen LogP contribution in [0, 0.1) is 11.6 Å². The zero-order valence-electron chi connectivity index (χ0n) is 13.9. The molecule has 2 aromatic carbocycles. The van der Waals surface area contributed by atoms with Crippen molar-refractivity contribution in [3.8, 4) is 22.8 Å². The van der Waals surface area contributed by atoms with Gasteiger partial charge >= 0.3 is 6.01 Å². The predicted molar refractivity (Wildman–Crippen MR) is 96.8 cm³/mol. The summed E-state index contributed by atoms with van der Waals surface area (Å²) in [5.41, 5.74) is 0.158. The zero-order chi connectivity index (χ0) is 19.7. The minimum atomic E-state index is -0.897. The lowest BCUT2D eigenvalue weighted by Crippen LogP contribution is -2.11. The third-order valence-electron chi connectivity index (χ3n) is 3.82. The van der Waals surface area contributed by atoms with Crippen LogP contribution in [-0.2, 0) is 0 Å². The maximum atomic E-state index is 14.7. The van der Waals surface area contributed by atoms with Crippen molar-refractivity contribution in [1.82, 2.24) is 10.2 Å². The summed E-state index contributed by atoms with van der Waals surface area (Å²) >= 11 is 5.84. The van der Waals surface area contributed by atoms with Crippen molar-refractivity contribution in [2.24, 2.45) is 0 Å². The van der Waals surface area contributed by atoms with Gasteiger partial charge in [-0.3, -0.25) is 10.1 Å². The van der Waals surface area contributed by atoms with Gasteiger partial charge in [0.1, 0.15) is 12.1 Å². The summed E-state index contributed by atoms with van der Waals surface area (Å²) in [6.45, 7) is 0. The quantitative estimate of drug-likeness (QED) is 0.509. The molecule has 0 aliphatic rings. The van der Waals surface area contributed by atoms with Crippen LogP contribution in [0.5, 0.6) is 0 Å². The molecule has 0 spiro atoms. The van der Waals surface area contributed by atoms with Gasteiger partial charge in [0, 0.05) is 16.1 Å². The van der Waals surface area contributed by atoms with Gasteiger partial charge in [-0.25, -0.2) is 8.78 Å². The second-order valence-electron chi connectivity index (χ2n) is 5.65. The van der Waals surface area contributed by atoms with Gasteiger partial charge < -0.3 is 8.83 Å². The summed E-state index contributed by atoms with van der Waals surface area (Å²) in [6.07, 6.45) is 1.02. The standard InChI is InChI=1S/C19H10ClF2N3O3/c20-11-6-7-14(21)12(8-11)13-9-27-16(15(13)22)18-24-25-19(28-18)23-17(26)10-4-2-1-3-5-10/h1-9H,(H,23,25,26). The van der Waals surface area contributed by atoms with Gasteiger partial charge in [0.25, 0.3) is 11.8 Å².